The summed E-state index contributed by atoms with van der Waals surface area (Å²) in [4.78, 5) is 10.4. The van der Waals surface area contributed by atoms with Gasteiger partial charge in [0.2, 0.25) is 0 Å². The lowest BCUT2D eigenvalue weighted by Crippen LogP contribution is -2.44. The SMILES string of the molecule is NC(CNCC1COCCO1)C(=O)O. The average Bonchev–Trinajstić information content (AvgIpc) is 2.19. The van der Waals surface area contributed by atoms with E-state index in [-0.39, 0.29) is 12.6 Å². The number of hydrogen-bond donors (Lipinski definition) is 3. The molecule has 0 aromatic rings. The summed E-state index contributed by atoms with van der Waals surface area (Å²) in [5.74, 6) is -1.00. The summed E-state index contributed by atoms with van der Waals surface area (Å²) in [7, 11) is 0. The van der Waals surface area contributed by atoms with Crippen molar-refractivity contribution in [2.45, 2.75) is 12.1 Å². The molecule has 0 spiro atoms. The second-order valence-corrected chi connectivity index (χ2v) is 3.17. The highest BCUT2D eigenvalue weighted by Crippen LogP contribution is 1.98. The largest absolute Gasteiger partial charge is 0.480 e. The van der Waals surface area contributed by atoms with Gasteiger partial charge in [0.05, 0.1) is 25.9 Å². The summed E-state index contributed by atoms with van der Waals surface area (Å²) in [5, 5.41) is 11.4. The van der Waals surface area contributed by atoms with Crippen molar-refractivity contribution in [3.63, 3.8) is 0 Å². The van der Waals surface area contributed by atoms with Crippen LogP contribution in [0, 0.1) is 0 Å². The summed E-state index contributed by atoms with van der Waals surface area (Å²) < 4.78 is 10.5. The van der Waals surface area contributed by atoms with Crippen LogP contribution in [-0.2, 0) is 14.3 Å². The van der Waals surface area contributed by atoms with E-state index in [9.17, 15) is 4.79 Å². The Morgan fingerprint density at radius 3 is 3.00 bits per heavy atom. The molecule has 6 heteroatoms. The van der Waals surface area contributed by atoms with E-state index < -0.39 is 12.0 Å². The lowest BCUT2D eigenvalue weighted by atomic mass is 10.3. The summed E-state index contributed by atoms with van der Waals surface area (Å²) in [5.41, 5.74) is 5.30. The first kappa shape index (κ1) is 11.4. The average molecular weight is 204 g/mol. The van der Waals surface area contributed by atoms with Gasteiger partial charge in [-0.15, -0.1) is 0 Å². The molecule has 1 aliphatic rings. The Kier molecular flexibility index (Phi) is 4.81. The van der Waals surface area contributed by atoms with E-state index >= 15 is 0 Å². The van der Waals surface area contributed by atoms with Gasteiger partial charge in [-0.05, 0) is 0 Å². The van der Waals surface area contributed by atoms with Gasteiger partial charge in [0.25, 0.3) is 0 Å². The van der Waals surface area contributed by atoms with Crippen molar-refractivity contribution in [3.8, 4) is 0 Å². The molecule has 14 heavy (non-hydrogen) atoms. The number of hydrogen-bond acceptors (Lipinski definition) is 5. The van der Waals surface area contributed by atoms with Crippen LogP contribution in [0.15, 0.2) is 0 Å². The molecule has 0 aromatic carbocycles. The van der Waals surface area contributed by atoms with Crippen LogP contribution < -0.4 is 11.1 Å². The predicted molar refractivity (Wildman–Crippen MR) is 49.0 cm³/mol. The quantitative estimate of drug-likeness (QED) is 0.499. The van der Waals surface area contributed by atoms with E-state index in [4.69, 9.17) is 20.3 Å². The minimum absolute atomic E-state index is 0.00439. The highest BCUT2D eigenvalue weighted by atomic mass is 16.6. The molecule has 6 nitrogen and oxygen atoms in total. The second-order valence-electron chi connectivity index (χ2n) is 3.17. The van der Waals surface area contributed by atoms with Gasteiger partial charge in [0.15, 0.2) is 0 Å². The number of carbonyl (C=O) groups is 1. The van der Waals surface area contributed by atoms with Crippen molar-refractivity contribution >= 4 is 5.97 Å². The third-order valence-corrected chi connectivity index (χ3v) is 1.94. The van der Waals surface area contributed by atoms with Gasteiger partial charge in [-0.25, -0.2) is 0 Å². The van der Waals surface area contributed by atoms with E-state index in [1.54, 1.807) is 0 Å². The van der Waals surface area contributed by atoms with Crippen molar-refractivity contribution in [3.05, 3.63) is 0 Å². The van der Waals surface area contributed by atoms with Gasteiger partial charge in [0.1, 0.15) is 6.04 Å². The van der Waals surface area contributed by atoms with Crippen molar-refractivity contribution < 1.29 is 19.4 Å². The minimum atomic E-state index is -1.00. The summed E-state index contributed by atoms with van der Waals surface area (Å²) in [6, 6.07) is -0.862. The Morgan fingerprint density at radius 2 is 2.43 bits per heavy atom. The first-order valence-corrected chi connectivity index (χ1v) is 4.58. The number of carboxylic acid groups (broad SMARTS) is 1. The number of nitrogens with two attached hydrogens (primary N) is 1. The van der Waals surface area contributed by atoms with E-state index in [1.165, 1.54) is 0 Å². The van der Waals surface area contributed by atoms with Crippen molar-refractivity contribution in [2.75, 3.05) is 32.9 Å². The molecule has 82 valence electrons. The highest BCUT2D eigenvalue weighted by Gasteiger charge is 2.15. The van der Waals surface area contributed by atoms with Crippen LogP contribution >= 0.6 is 0 Å². The maximum Gasteiger partial charge on any atom is 0.321 e. The molecule has 0 radical (unpaired) electrons. The summed E-state index contributed by atoms with van der Waals surface area (Å²) >= 11 is 0. The monoisotopic (exact) mass is 204 g/mol. The van der Waals surface area contributed by atoms with Crippen molar-refractivity contribution in [1.29, 1.82) is 0 Å². The molecule has 1 fully saturated rings. The zero-order valence-electron chi connectivity index (χ0n) is 7.94. The Morgan fingerprint density at radius 1 is 1.64 bits per heavy atom. The van der Waals surface area contributed by atoms with E-state index in [2.05, 4.69) is 5.32 Å². The number of nitrogens with one attached hydrogen (secondary N) is 1. The molecule has 4 N–H and O–H groups in total. The first-order chi connectivity index (χ1) is 6.70. The third kappa shape index (κ3) is 4.01. The van der Waals surface area contributed by atoms with Gasteiger partial charge in [-0.2, -0.15) is 0 Å². The smallest absolute Gasteiger partial charge is 0.321 e. The molecule has 0 aromatic heterocycles. The van der Waals surface area contributed by atoms with Crippen LogP contribution in [0.2, 0.25) is 0 Å². The lowest BCUT2D eigenvalue weighted by Gasteiger charge is -2.23. The number of rotatable bonds is 5. The second kappa shape index (κ2) is 5.92. The number of carboxylic acids is 1. The Labute approximate surface area is 82.4 Å². The maximum atomic E-state index is 10.4. The standard InChI is InChI=1S/C8H16N2O4/c9-7(8(11)12)4-10-3-6-5-13-1-2-14-6/h6-7,10H,1-5,9H2,(H,11,12). The molecule has 2 atom stereocenters. The van der Waals surface area contributed by atoms with Crippen LogP contribution in [0.3, 0.4) is 0 Å². The normalized spacial score (nSPS) is 24.5. The van der Waals surface area contributed by atoms with Crippen LogP contribution in [0.25, 0.3) is 0 Å². The van der Waals surface area contributed by atoms with Crippen LogP contribution in [-0.4, -0.2) is 56.1 Å². The topological polar surface area (TPSA) is 93.8 Å². The van der Waals surface area contributed by atoms with Crippen molar-refractivity contribution in [2.24, 2.45) is 5.73 Å². The van der Waals surface area contributed by atoms with Crippen molar-refractivity contribution in [1.82, 2.24) is 5.32 Å². The van der Waals surface area contributed by atoms with E-state index in [1.807, 2.05) is 0 Å². The van der Waals surface area contributed by atoms with Gasteiger partial charge < -0.3 is 25.6 Å². The molecule has 1 heterocycles. The molecule has 1 aliphatic heterocycles. The fourth-order valence-corrected chi connectivity index (χ4v) is 1.14. The highest BCUT2D eigenvalue weighted by molar-refractivity contribution is 5.73. The van der Waals surface area contributed by atoms with Crippen LogP contribution in [0.1, 0.15) is 0 Å². The molecular weight excluding hydrogens is 188 g/mol. The van der Waals surface area contributed by atoms with Crippen LogP contribution in [0.5, 0.6) is 0 Å². The fourth-order valence-electron chi connectivity index (χ4n) is 1.14. The van der Waals surface area contributed by atoms with Crippen LogP contribution in [0.4, 0.5) is 0 Å². The molecule has 0 bridgehead atoms. The Hall–Kier alpha value is -0.690. The van der Waals surface area contributed by atoms with Gasteiger partial charge >= 0.3 is 5.97 Å². The van der Waals surface area contributed by atoms with Gasteiger partial charge in [-0.3, -0.25) is 4.79 Å². The first-order valence-electron chi connectivity index (χ1n) is 4.58. The molecule has 1 rings (SSSR count). The molecule has 2 unspecified atom stereocenters. The van der Waals surface area contributed by atoms with Gasteiger partial charge in [0, 0.05) is 13.1 Å². The zero-order chi connectivity index (χ0) is 10.4. The lowest BCUT2D eigenvalue weighted by molar-refractivity contribution is -0.138. The summed E-state index contributed by atoms with van der Waals surface area (Å²) in [6.45, 7) is 2.59. The number of aliphatic carboxylic acids is 1. The molecule has 0 aliphatic carbocycles. The van der Waals surface area contributed by atoms with Gasteiger partial charge in [-0.1, -0.05) is 0 Å². The van der Waals surface area contributed by atoms with E-state index in [0.29, 0.717) is 26.4 Å². The molecule has 1 saturated heterocycles. The fraction of sp³-hybridized carbons (Fsp3) is 0.875. The minimum Gasteiger partial charge on any atom is -0.480 e. The zero-order valence-corrected chi connectivity index (χ0v) is 7.94. The molecular formula is C8H16N2O4. The molecule has 0 saturated carbocycles. The summed E-state index contributed by atoms with van der Waals surface area (Å²) in [6.07, 6.45) is 0.00439. The maximum absolute atomic E-state index is 10.4. The van der Waals surface area contributed by atoms with E-state index in [0.717, 1.165) is 0 Å². The Balaban J connectivity index is 2.05. The Bertz CT molecular complexity index is 182. The third-order valence-electron chi connectivity index (χ3n) is 1.94. The molecule has 0 amide bonds. The predicted octanol–water partition coefficient (Wildman–Crippen LogP) is -1.60. The number of ether oxygens (including phenoxy) is 2.